The Balaban J connectivity index is 0.000000392. The molecule has 1 fully saturated rings. The molecular weight excluding hydrogens is 676 g/mol. The van der Waals surface area contributed by atoms with Crippen molar-refractivity contribution in [2.75, 3.05) is 5.75 Å². The van der Waals surface area contributed by atoms with Crippen LogP contribution in [-0.2, 0) is 16.8 Å². The summed E-state index contributed by atoms with van der Waals surface area (Å²) >= 11 is 8.15. The van der Waals surface area contributed by atoms with Gasteiger partial charge in [0.05, 0.1) is 22.9 Å². The number of nitriles is 1. The SMILES string of the molecule is CC(C)(O)c1ccccc1CC[C@@H](SCC1(CC#N)CC1)c1cccc(/C=C/c2ccc3ccc(Cl)cc3n2)c1.O=C(O)C(O)c1ccccc1. The number of aliphatic hydroxyl groups is 2. The Hall–Kier alpha value is -4.45. The number of aliphatic carboxylic acids is 1. The molecule has 1 saturated carbocycles. The minimum absolute atomic E-state index is 0.185. The molecule has 5 aromatic rings. The number of carbonyl (C=O) groups is 1. The lowest BCUT2D eigenvalue weighted by Crippen LogP contribution is -2.18. The summed E-state index contributed by atoms with van der Waals surface area (Å²) in [7, 11) is 0. The van der Waals surface area contributed by atoms with E-state index < -0.39 is 17.7 Å². The van der Waals surface area contributed by atoms with Crippen LogP contribution < -0.4 is 0 Å². The van der Waals surface area contributed by atoms with Crippen molar-refractivity contribution in [2.45, 2.75) is 62.9 Å². The van der Waals surface area contributed by atoms with Gasteiger partial charge in [-0.05, 0) is 97.0 Å². The Labute approximate surface area is 309 Å². The van der Waals surface area contributed by atoms with Crippen LogP contribution in [0, 0.1) is 16.7 Å². The molecule has 6 nitrogen and oxygen atoms in total. The first-order valence-electron chi connectivity index (χ1n) is 17.1. The van der Waals surface area contributed by atoms with Crippen LogP contribution >= 0.6 is 23.4 Å². The molecule has 4 aromatic carbocycles. The van der Waals surface area contributed by atoms with Gasteiger partial charge in [-0.15, -0.1) is 0 Å². The molecular formula is C43H43ClN2O4S. The average molecular weight is 719 g/mol. The van der Waals surface area contributed by atoms with Crippen molar-refractivity contribution in [2.24, 2.45) is 5.41 Å². The third-order valence-corrected chi connectivity index (χ3v) is 11.0. The van der Waals surface area contributed by atoms with Gasteiger partial charge in [0, 0.05) is 27.8 Å². The van der Waals surface area contributed by atoms with Crippen LogP contribution in [-0.4, -0.2) is 32.0 Å². The Kier molecular flexibility index (Phi) is 12.7. The molecule has 51 heavy (non-hydrogen) atoms. The number of carboxylic acid groups (broad SMARTS) is 1. The summed E-state index contributed by atoms with van der Waals surface area (Å²) in [6, 6.07) is 37.5. The smallest absolute Gasteiger partial charge is 0.337 e. The number of rotatable bonds is 13. The molecule has 0 spiro atoms. The zero-order chi connectivity index (χ0) is 36.4. The molecule has 2 atom stereocenters. The molecule has 1 aliphatic rings. The molecule has 1 unspecified atom stereocenters. The molecule has 1 heterocycles. The fourth-order valence-corrected chi connectivity index (χ4v) is 7.72. The highest BCUT2D eigenvalue weighted by atomic mass is 35.5. The number of carboxylic acids is 1. The van der Waals surface area contributed by atoms with E-state index in [0.29, 0.717) is 22.3 Å². The summed E-state index contributed by atoms with van der Waals surface area (Å²) in [5.41, 5.74) is 6.09. The fourth-order valence-electron chi connectivity index (χ4n) is 5.98. The van der Waals surface area contributed by atoms with E-state index in [4.69, 9.17) is 26.8 Å². The minimum atomic E-state index is -1.41. The van der Waals surface area contributed by atoms with Crippen molar-refractivity contribution in [3.05, 3.63) is 148 Å². The highest BCUT2D eigenvalue weighted by molar-refractivity contribution is 7.99. The first-order valence-corrected chi connectivity index (χ1v) is 18.5. The maximum absolute atomic E-state index is 10.7. The van der Waals surface area contributed by atoms with Crippen molar-refractivity contribution < 1.29 is 20.1 Å². The van der Waals surface area contributed by atoms with E-state index in [9.17, 15) is 15.2 Å². The number of aliphatic hydroxyl groups excluding tert-OH is 1. The number of hydrogen-bond acceptors (Lipinski definition) is 6. The van der Waals surface area contributed by atoms with Crippen molar-refractivity contribution in [1.82, 2.24) is 4.98 Å². The maximum Gasteiger partial charge on any atom is 0.337 e. The zero-order valence-electron chi connectivity index (χ0n) is 28.9. The number of benzene rings is 4. The molecule has 6 rings (SSSR count). The number of hydrogen-bond donors (Lipinski definition) is 3. The summed E-state index contributed by atoms with van der Waals surface area (Å²) in [6.07, 6.45) is 7.53. The van der Waals surface area contributed by atoms with Crippen LogP contribution in [0.1, 0.15) is 84.4 Å². The molecule has 1 aromatic heterocycles. The number of aryl methyl sites for hydroxylation is 1. The number of thioether (sulfide) groups is 1. The Bertz CT molecular complexity index is 2010. The standard InChI is InChI=1S/C35H35ClN2OS.C8H8O3/c1-34(2,39)31-9-4-3-7-26(31)13-17-33(40-24-35(18-19-35)20-21-37)28-8-5-6-25(22-28)10-15-30-16-12-27-11-14-29(36)23-32(27)38-30;9-7(8(10)11)6-4-2-1-3-5-6/h3-12,14-16,22-23,33,39H,13,17-20,24H2,1-2H3;1-5,7,9H,(H,10,11)/b15-10+;/t33-;/m1./s1. The van der Waals surface area contributed by atoms with Gasteiger partial charge in [0.1, 0.15) is 0 Å². The Morgan fingerprint density at radius 3 is 2.37 bits per heavy atom. The molecule has 0 amide bonds. The largest absolute Gasteiger partial charge is 0.479 e. The zero-order valence-corrected chi connectivity index (χ0v) is 30.4. The predicted octanol–water partition coefficient (Wildman–Crippen LogP) is 10.2. The summed E-state index contributed by atoms with van der Waals surface area (Å²) in [5, 5.41) is 39.5. The van der Waals surface area contributed by atoms with E-state index in [2.05, 4.69) is 54.6 Å². The van der Waals surface area contributed by atoms with Crippen molar-refractivity contribution in [3.63, 3.8) is 0 Å². The number of halogens is 1. The molecule has 0 radical (unpaired) electrons. The molecule has 8 heteroatoms. The fraction of sp³-hybridized carbons (Fsp3) is 0.279. The van der Waals surface area contributed by atoms with Gasteiger partial charge in [-0.2, -0.15) is 17.0 Å². The molecule has 262 valence electrons. The maximum atomic E-state index is 10.7. The van der Waals surface area contributed by atoms with Gasteiger partial charge in [0.25, 0.3) is 0 Å². The highest BCUT2D eigenvalue weighted by Crippen LogP contribution is 2.53. The van der Waals surface area contributed by atoms with Crippen molar-refractivity contribution >= 4 is 52.4 Å². The molecule has 0 saturated heterocycles. The van der Waals surface area contributed by atoms with Crippen LogP contribution in [0.2, 0.25) is 5.02 Å². The predicted molar refractivity (Wildman–Crippen MR) is 208 cm³/mol. The molecule has 3 N–H and O–H groups in total. The van der Waals surface area contributed by atoms with E-state index in [1.54, 1.807) is 30.3 Å². The average Bonchev–Trinajstić information content (AvgIpc) is 3.90. The number of nitrogens with zero attached hydrogens (tertiary/aromatic N) is 2. The van der Waals surface area contributed by atoms with E-state index >= 15 is 0 Å². The lowest BCUT2D eigenvalue weighted by molar-refractivity contribution is -0.146. The van der Waals surface area contributed by atoms with Gasteiger partial charge in [0.2, 0.25) is 0 Å². The number of aromatic nitrogens is 1. The van der Waals surface area contributed by atoms with Crippen LogP contribution in [0.5, 0.6) is 0 Å². The summed E-state index contributed by atoms with van der Waals surface area (Å²) in [5.74, 6) is -0.224. The quantitative estimate of drug-likeness (QED) is 0.111. The van der Waals surface area contributed by atoms with E-state index in [0.717, 1.165) is 59.2 Å². The monoisotopic (exact) mass is 718 g/mol. The third-order valence-electron chi connectivity index (χ3n) is 9.11. The summed E-state index contributed by atoms with van der Waals surface area (Å²) < 4.78 is 0. The lowest BCUT2D eigenvalue weighted by atomic mass is 9.90. The number of fused-ring (bicyclic) bond motifs is 1. The first-order chi connectivity index (χ1) is 24.5. The van der Waals surface area contributed by atoms with Crippen LogP contribution in [0.25, 0.3) is 23.1 Å². The molecule has 1 aliphatic carbocycles. The van der Waals surface area contributed by atoms with E-state index in [1.165, 1.54) is 11.1 Å². The van der Waals surface area contributed by atoms with Crippen molar-refractivity contribution in [3.8, 4) is 6.07 Å². The Morgan fingerprint density at radius 2 is 1.67 bits per heavy atom. The number of pyridine rings is 1. The van der Waals surface area contributed by atoms with Gasteiger partial charge >= 0.3 is 5.97 Å². The van der Waals surface area contributed by atoms with Gasteiger partial charge in [-0.1, -0.05) is 109 Å². The third kappa shape index (κ3) is 10.8. The van der Waals surface area contributed by atoms with Crippen molar-refractivity contribution in [1.29, 1.82) is 5.26 Å². The molecule has 0 bridgehead atoms. The summed E-state index contributed by atoms with van der Waals surface area (Å²) in [6.45, 7) is 3.71. The Morgan fingerprint density at radius 1 is 0.961 bits per heavy atom. The van der Waals surface area contributed by atoms with Crippen LogP contribution in [0.3, 0.4) is 0 Å². The van der Waals surface area contributed by atoms with Gasteiger partial charge < -0.3 is 15.3 Å². The lowest BCUT2D eigenvalue weighted by Gasteiger charge is -2.24. The second kappa shape index (κ2) is 17.2. The second-order valence-electron chi connectivity index (χ2n) is 13.6. The van der Waals surface area contributed by atoms with E-state index in [1.807, 2.05) is 68.1 Å². The normalized spacial score (nSPS) is 14.7. The summed E-state index contributed by atoms with van der Waals surface area (Å²) in [4.78, 5) is 15.0. The van der Waals surface area contributed by atoms with Gasteiger partial charge in [-0.3, -0.25) is 0 Å². The second-order valence-corrected chi connectivity index (χ2v) is 15.2. The molecule has 0 aliphatic heterocycles. The van der Waals surface area contributed by atoms with Gasteiger partial charge in [0.15, 0.2) is 6.10 Å². The minimum Gasteiger partial charge on any atom is -0.479 e. The first kappa shape index (κ1) is 37.8. The highest BCUT2D eigenvalue weighted by Gasteiger charge is 2.42. The van der Waals surface area contributed by atoms with Gasteiger partial charge in [-0.25, -0.2) is 9.78 Å². The van der Waals surface area contributed by atoms with Crippen LogP contribution in [0.4, 0.5) is 0 Å². The van der Waals surface area contributed by atoms with Crippen LogP contribution in [0.15, 0.2) is 109 Å². The van der Waals surface area contributed by atoms with E-state index in [-0.39, 0.29) is 5.41 Å². The topological polar surface area (TPSA) is 114 Å².